The van der Waals surface area contributed by atoms with Gasteiger partial charge in [-0.05, 0) is 24.1 Å². The van der Waals surface area contributed by atoms with Crippen molar-refractivity contribution >= 4 is 11.9 Å². The number of fused-ring (bicyclic) bond motifs is 1. The molecular weight excluding hydrogens is 220 g/mol. The monoisotopic (exact) mass is 232 g/mol. The smallest absolute Gasteiger partial charge is 0.231 e. The molecule has 4 heteroatoms. The van der Waals surface area contributed by atoms with E-state index in [0.29, 0.717) is 23.7 Å². The second-order valence-electron chi connectivity index (χ2n) is 3.99. The maximum absolute atomic E-state index is 10.9. The first-order valence-corrected chi connectivity index (χ1v) is 5.54. The van der Waals surface area contributed by atoms with Crippen molar-refractivity contribution in [1.82, 2.24) is 0 Å². The van der Waals surface area contributed by atoms with Gasteiger partial charge in [-0.1, -0.05) is 6.08 Å². The van der Waals surface area contributed by atoms with Crippen molar-refractivity contribution in [2.24, 2.45) is 0 Å². The molecular formula is C13H12O4. The maximum atomic E-state index is 10.9. The van der Waals surface area contributed by atoms with Gasteiger partial charge in [-0.3, -0.25) is 4.79 Å². The van der Waals surface area contributed by atoms with E-state index in [1.54, 1.807) is 6.07 Å². The summed E-state index contributed by atoms with van der Waals surface area (Å²) in [5.74, 6) is 1.35. The average Bonchev–Trinajstić information content (AvgIpc) is 2.86. The minimum Gasteiger partial charge on any atom is -0.454 e. The van der Waals surface area contributed by atoms with Crippen molar-refractivity contribution in [3.8, 4) is 11.5 Å². The molecule has 1 aromatic carbocycles. The minimum atomic E-state index is 0.207. The third-order valence-electron chi connectivity index (χ3n) is 2.89. The number of rotatable bonds is 2. The number of carbonyl (C=O) groups excluding carboxylic acids is 1. The molecule has 0 aromatic heterocycles. The van der Waals surface area contributed by atoms with Gasteiger partial charge in [-0.2, -0.15) is 0 Å². The molecule has 0 aliphatic carbocycles. The summed E-state index contributed by atoms with van der Waals surface area (Å²) in [6, 6.07) is 3.52. The Kier molecular flexibility index (Phi) is 2.57. The second-order valence-corrected chi connectivity index (χ2v) is 3.99. The van der Waals surface area contributed by atoms with Gasteiger partial charge in [-0.25, -0.2) is 0 Å². The Morgan fingerprint density at radius 2 is 2.18 bits per heavy atom. The molecule has 17 heavy (non-hydrogen) atoms. The summed E-state index contributed by atoms with van der Waals surface area (Å²) in [7, 11) is 0. The lowest BCUT2D eigenvalue weighted by atomic mass is 10.00. The molecule has 0 saturated heterocycles. The number of benzene rings is 1. The highest BCUT2D eigenvalue weighted by Crippen LogP contribution is 2.40. The maximum Gasteiger partial charge on any atom is 0.231 e. The van der Waals surface area contributed by atoms with Crippen molar-refractivity contribution < 1.29 is 19.0 Å². The van der Waals surface area contributed by atoms with Crippen LogP contribution >= 0.6 is 0 Å². The number of aldehydes is 1. The van der Waals surface area contributed by atoms with Gasteiger partial charge in [-0.15, -0.1) is 0 Å². The number of carbonyl (C=O) groups is 1. The number of hydrogen-bond acceptors (Lipinski definition) is 4. The van der Waals surface area contributed by atoms with E-state index in [4.69, 9.17) is 14.2 Å². The summed E-state index contributed by atoms with van der Waals surface area (Å²) in [6.45, 7) is 1.51. The van der Waals surface area contributed by atoms with Gasteiger partial charge in [0.1, 0.15) is 6.29 Å². The van der Waals surface area contributed by atoms with E-state index in [-0.39, 0.29) is 6.79 Å². The average molecular weight is 232 g/mol. The van der Waals surface area contributed by atoms with E-state index in [9.17, 15) is 4.79 Å². The molecule has 0 atom stereocenters. The minimum absolute atomic E-state index is 0.207. The second kappa shape index (κ2) is 4.22. The number of ether oxygens (including phenoxy) is 3. The lowest BCUT2D eigenvalue weighted by Crippen LogP contribution is -2.06. The number of hydrogen-bond donors (Lipinski definition) is 0. The van der Waals surface area contributed by atoms with Gasteiger partial charge in [0.15, 0.2) is 11.5 Å². The van der Waals surface area contributed by atoms with E-state index >= 15 is 0 Å². The van der Waals surface area contributed by atoms with Crippen LogP contribution in [0, 0.1) is 0 Å². The summed E-state index contributed by atoms with van der Waals surface area (Å²) in [5.41, 5.74) is 2.55. The molecule has 0 bridgehead atoms. The molecule has 0 spiro atoms. The zero-order chi connectivity index (χ0) is 11.7. The Morgan fingerprint density at radius 3 is 2.94 bits per heavy atom. The molecule has 4 nitrogen and oxygen atoms in total. The largest absolute Gasteiger partial charge is 0.454 e. The molecule has 2 aliphatic heterocycles. The van der Waals surface area contributed by atoms with Gasteiger partial charge in [0.05, 0.1) is 13.2 Å². The molecule has 0 amide bonds. The van der Waals surface area contributed by atoms with Crippen LogP contribution < -0.4 is 9.47 Å². The Morgan fingerprint density at radius 1 is 1.24 bits per heavy atom. The van der Waals surface area contributed by atoms with Crippen LogP contribution in [0.15, 0.2) is 18.2 Å². The van der Waals surface area contributed by atoms with Crippen LogP contribution in [-0.4, -0.2) is 26.3 Å². The van der Waals surface area contributed by atoms with Crippen molar-refractivity contribution in [1.29, 1.82) is 0 Å². The summed E-state index contributed by atoms with van der Waals surface area (Å²) in [4.78, 5) is 10.9. The molecule has 0 saturated carbocycles. The fourth-order valence-corrected chi connectivity index (χ4v) is 2.08. The van der Waals surface area contributed by atoms with Gasteiger partial charge in [0, 0.05) is 11.1 Å². The standard InChI is InChI=1S/C13H12O4/c14-6-9-4-11(10-2-1-3-15-7-10)13-12(5-9)16-8-17-13/h2,4-6H,1,3,7-8H2. The molecule has 88 valence electrons. The zero-order valence-electron chi connectivity index (χ0n) is 9.27. The molecule has 0 radical (unpaired) electrons. The van der Waals surface area contributed by atoms with E-state index in [0.717, 1.165) is 30.5 Å². The van der Waals surface area contributed by atoms with E-state index in [1.165, 1.54) is 0 Å². The summed E-state index contributed by atoms with van der Waals surface area (Å²) in [6.07, 6.45) is 3.82. The first-order valence-electron chi connectivity index (χ1n) is 5.54. The van der Waals surface area contributed by atoms with Crippen LogP contribution in [0.1, 0.15) is 22.3 Å². The first kappa shape index (κ1) is 10.4. The zero-order valence-corrected chi connectivity index (χ0v) is 9.27. The highest BCUT2D eigenvalue weighted by Gasteiger charge is 2.22. The highest BCUT2D eigenvalue weighted by atomic mass is 16.7. The van der Waals surface area contributed by atoms with Gasteiger partial charge in [0.25, 0.3) is 0 Å². The van der Waals surface area contributed by atoms with Crippen molar-refractivity contribution in [3.05, 3.63) is 29.3 Å². The van der Waals surface area contributed by atoms with Gasteiger partial charge in [0.2, 0.25) is 6.79 Å². The Labute approximate surface area is 98.8 Å². The molecule has 0 N–H and O–H groups in total. The Bertz CT molecular complexity index is 490. The first-order chi connectivity index (χ1) is 8.38. The summed E-state index contributed by atoms with van der Waals surface area (Å²) < 4.78 is 16.2. The van der Waals surface area contributed by atoms with Crippen LogP contribution in [0.3, 0.4) is 0 Å². The van der Waals surface area contributed by atoms with Crippen LogP contribution in [0.2, 0.25) is 0 Å². The molecule has 1 aromatic rings. The third kappa shape index (κ3) is 1.80. The van der Waals surface area contributed by atoms with Crippen LogP contribution in [0.4, 0.5) is 0 Å². The predicted octanol–water partition coefficient (Wildman–Crippen LogP) is 2.03. The topological polar surface area (TPSA) is 44.8 Å². The van der Waals surface area contributed by atoms with Crippen LogP contribution in [-0.2, 0) is 4.74 Å². The van der Waals surface area contributed by atoms with Crippen LogP contribution in [0.25, 0.3) is 5.57 Å². The highest BCUT2D eigenvalue weighted by molar-refractivity contribution is 5.83. The molecule has 3 rings (SSSR count). The molecule has 2 aliphatic rings. The fourth-order valence-electron chi connectivity index (χ4n) is 2.08. The fraction of sp³-hybridized carbons (Fsp3) is 0.308. The van der Waals surface area contributed by atoms with E-state index < -0.39 is 0 Å². The molecule has 0 unspecified atom stereocenters. The van der Waals surface area contributed by atoms with Crippen LogP contribution in [0.5, 0.6) is 11.5 Å². The third-order valence-corrected chi connectivity index (χ3v) is 2.89. The van der Waals surface area contributed by atoms with Crippen molar-refractivity contribution in [2.75, 3.05) is 20.0 Å². The quantitative estimate of drug-likeness (QED) is 0.732. The summed E-state index contributed by atoms with van der Waals surface area (Å²) in [5, 5.41) is 0. The Hall–Kier alpha value is -1.81. The molecule has 0 fully saturated rings. The van der Waals surface area contributed by atoms with E-state index in [1.807, 2.05) is 6.07 Å². The van der Waals surface area contributed by atoms with Gasteiger partial charge >= 0.3 is 0 Å². The lowest BCUT2D eigenvalue weighted by Gasteiger charge is -2.15. The lowest BCUT2D eigenvalue weighted by molar-refractivity contribution is 0.112. The SMILES string of the molecule is O=Cc1cc2c(c(C3=CCCOC3)c1)OCO2. The van der Waals surface area contributed by atoms with E-state index in [2.05, 4.69) is 6.08 Å². The van der Waals surface area contributed by atoms with Crippen molar-refractivity contribution in [2.45, 2.75) is 6.42 Å². The summed E-state index contributed by atoms with van der Waals surface area (Å²) >= 11 is 0. The van der Waals surface area contributed by atoms with Crippen molar-refractivity contribution in [3.63, 3.8) is 0 Å². The van der Waals surface area contributed by atoms with Gasteiger partial charge < -0.3 is 14.2 Å². The Balaban J connectivity index is 2.11. The predicted molar refractivity (Wildman–Crippen MR) is 61.4 cm³/mol. The normalized spacial score (nSPS) is 17.8. The molecule has 2 heterocycles.